The van der Waals surface area contributed by atoms with Gasteiger partial charge in [0.1, 0.15) is 0 Å². The van der Waals surface area contributed by atoms with Gasteiger partial charge in [0.15, 0.2) is 6.29 Å². The molecule has 0 saturated carbocycles. The number of hydrogen-bond donors (Lipinski definition) is 0. The molecule has 1 aromatic carbocycles. The SMILES string of the molecule is COCCN(c1c(Cl)cccc1C=O)C(C)C. The van der Waals surface area contributed by atoms with Crippen LogP contribution in [0.15, 0.2) is 18.2 Å². The van der Waals surface area contributed by atoms with Gasteiger partial charge < -0.3 is 9.64 Å². The second kappa shape index (κ2) is 6.62. The first kappa shape index (κ1) is 14.0. The fraction of sp³-hybridized carbons (Fsp3) is 0.462. The van der Waals surface area contributed by atoms with Crippen molar-refractivity contribution in [3.63, 3.8) is 0 Å². The first-order chi connectivity index (χ1) is 8.11. The molecule has 1 rings (SSSR count). The molecule has 0 aliphatic rings. The van der Waals surface area contributed by atoms with Crippen LogP contribution in [0, 0.1) is 0 Å². The Balaban J connectivity index is 3.12. The van der Waals surface area contributed by atoms with E-state index >= 15 is 0 Å². The van der Waals surface area contributed by atoms with Crippen LogP contribution in [0.4, 0.5) is 5.69 Å². The summed E-state index contributed by atoms with van der Waals surface area (Å²) in [5.41, 5.74) is 1.40. The summed E-state index contributed by atoms with van der Waals surface area (Å²) in [6, 6.07) is 5.61. The number of anilines is 1. The summed E-state index contributed by atoms with van der Waals surface area (Å²) in [7, 11) is 1.66. The highest BCUT2D eigenvalue weighted by Crippen LogP contribution is 2.30. The summed E-state index contributed by atoms with van der Waals surface area (Å²) in [5, 5.41) is 0.597. The van der Waals surface area contributed by atoms with E-state index in [1.807, 2.05) is 0 Å². The van der Waals surface area contributed by atoms with E-state index in [4.69, 9.17) is 16.3 Å². The minimum atomic E-state index is 0.253. The minimum Gasteiger partial charge on any atom is -0.383 e. The van der Waals surface area contributed by atoms with Gasteiger partial charge in [0.2, 0.25) is 0 Å². The predicted molar refractivity (Wildman–Crippen MR) is 71.2 cm³/mol. The Hall–Kier alpha value is -1.06. The molecule has 0 atom stereocenters. The second-order valence-corrected chi connectivity index (χ2v) is 4.48. The molecule has 0 aliphatic heterocycles. The molecule has 0 saturated heterocycles. The molecule has 4 heteroatoms. The van der Waals surface area contributed by atoms with E-state index < -0.39 is 0 Å². The summed E-state index contributed by atoms with van der Waals surface area (Å²) in [6.45, 7) is 5.43. The smallest absolute Gasteiger partial charge is 0.152 e. The Bertz CT molecular complexity index is 380. The summed E-state index contributed by atoms with van der Waals surface area (Å²) in [6.07, 6.45) is 0.837. The zero-order chi connectivity index (χ0) is 12.8. The van der Waals surface area contributed by atoms with Gasteiger partial charge >= 0.3 is 0 Å². The van der Waals surface area contributed by atoms with Crippen molar-refractivity contribution in [3.8, 4) is 0 Å². The Morgan fingerprint density at radius 3 is 2.71 bits per heavy atom. The zero-order valence-electron chi connectivity index (χ0n) is 10.4. The average molecular weight is 256 g/mol. The molecule has 0 aromatic heterocycles. The molecular formula is C13H18ClNO2. The van der Waals surface area contributed by atoms with E-state index in [1.165, 1.54) is 0 Å². The number of rotatable bonds is 6. The van der Waals surface area contributed by atoms with Gasteiger partial charge in [0, 0.05) is 25.3 Å². The fourth-order valence-electron chi connectivity index (χ4n) is 1.75. The lowest BCUT2D eigenvalue weighted by Gasteiger charge is -2.30. The molecule has 0 bridgehead atoms. The highest BCUT2D eigenvalue weighted by molar-refractivity contribution is 6.33. The van der Waals surface area contributed by atoms with Gasteiger partial charge in [0.05, 0.1) is 17.3 Å². The number of carbonyl (C=O) groups is 1. The number of carbonyl (C=O) groups excluding carboxylic acids is 1. The van der Waals surface area contributed by atoms with Gasteiger partial charge in [-0.1, -0.05) is 17.7 Å². The molecule has 0 heterocycles. The van der Waals surface area contributed by atoms with Crippen molar-refractivity contribution in [1.82, 2.24) is 0 Å². The number of ether oxygens (including phenoxy) is 1. The van der Waals surface area contributed by atoms with Crippen LogP contribution in [0.25, 0.3) is 0 Å². The van der Waals surface area contributed by atoms with Gasteiger partial charge in [-0.15, -0.1) is 0 Å². The molecule has 0 aliphatic carbocycles. The van der Waals surface area contributed by atoms with E-state index in [0.717, 1.165) is 12.0 Å². The van der Waals surface area contributed by atoms with Crippen LogP contribution in [0.5, 0.6) is 0 Å². The van der Waals surface area contributed by atoms with Gasteiger partial charge in [-0.3, -0.25) is 4.79 Å². The van der Waals surface area contributed by atoms with Crippen molar-refractivity contribution in [1.29, 1.82) is 0 Å². The topological polar surface area (TPSA) is 29.5 Å². The molecule has 94 valence electrons. The number of nitrogens with zero attached hydrogens (tertiary/aromatic N) is 1. The van der Waals surface area contributed by atoms with Crippen LogP contribution in [0.1, 0.15) is 24.2 Å². The van der Waals surface area contributed by atoms with Gasteiger partial charge in [0.25, 0.3) is 0 Å². The second-order valence-electron chi connectivity index (χ2n) is 4.08. The number of para-hydroxylation sites is 1. The Labute approximate surface area is 107 Å². The molecule has 0 radical (unpaired) electrons. The minimum absolute atomic E-state index is 0.253. The lowest BCUT2D eigenvalue weighted by molar-refractivity contribution is 0.112. The van der Waals surface area contributed by atoms with E-state index in [0.29, 0.717) is 23.7 Å². The number of methoxy groups -OCH3 is 1. The molecule has 1 aromatic rings. The van der Waals surface area contributed by atoms with Crippen LogP contribution in [-0.2, 0) is 4.74 Å². The van der Waals surface area contributed by atoms with E-state index in [1.54, 1.807) is 25.3 Å². The maximum Gasteiger partial charge on any atom is 0.152 e. The highest BCUT2D eigenvalue weighted by atomic mass is 35.5. The zero-order valence-corrected chi connectivity index (χ0v) is 11.2. The van der Waals surface area contributed by atoms with E-state index in [9.17, 15) is 4.79 Å². The molecule has 3 nitrogen and oxygen atoms in total. The predicted octanol–water partition coefficient (Wildman–Crippen LogP) is 3.01. The lowest BCUT2D eigenvalue weighted by Crippen LogP contribution is -2.34. The molecule has 0 fully saturated rings. The summed E-state index contributed by atoms with van der Waals surface area (Å²) < 4.78 is 5.08. The number of benzene rings is 1. The third kappa shape index (κ3) is 3.45. The van der Waals surface area contributed by atoms with Crippen molar-refractivity contribution in [2.75, 3.05) is 25.2 Å². The number of aldehydes is 1. The number of hydrogen-bond acceptors (Lipinski definition) is 3. The summed E-state index contributed by atoms with van der Waals surface area (Å²) in [5.74, 6) is 0. The summed E-state index contributed by atoms with van der Waals surface area (Å²) in [4.78, 5) is 13.1. The fourth-order valence-corrected chi connectivity index (χ4v) is 2.04. The largest absolute Gasteiger partial charge is 0.383 e. The molecule has 0 amide bonds. The van der Waals surface area contributed by atoms with Crippen LogP contribution in [0.3, 0.4) is 0 Å². The van der Waals surface area contributed by atoms with Crippen LogP contribution >= 0.6 is 11.6 Å². The third-order valence-corrected chi connectivity index (χ3v) is 2.90. The van der Waals surface area contributed by atoms with Gasteiger partial charge in [-0.2, -0.15) is 0 Å². The molecular weight excluding hydrogens is 238 g/mol. The van der Waals surface area contributed by atoms with Crippen molar-refractivity contribution in [3.05, 3.63) is 28.8 Å². The van der Waals surface area contributed by atoms with Crippen molar-refractivity contribution in [2.45, 2.75) is 19.9 Å². The normalized spacial score (nSPS) is 10.6. The van der Waals surface area contributed by atoms with Crippen LogP contribution in [0.2, 0.25) is 5.02 Å². The van der Waals surface area contributed by atoms with Crippen LogP contribution < -0.4 is 4.90 Å². The quantitative estimate of drug-likeness (QED) is 0.732. The number of halogens is 1. The monoisotopic (exact) mass is 255 g/mol. The van der Waals surface area contributed by atoms with Crippen molar-refractivity contribution >= 4 is 23.6 Å². The highest BCUT2D eigenvalue weighted by Gasteiger charge is 2.17. The van der Waals surface area contributed by atoms with E-state index in [2.05, 4.69) is 18.7 Å². The third-order valence-electron chi connectivity index (χ3n) is 2.59. The lowest BCUT2D eigenvalue weighted by atomic mass is 10.1. The van der Waals surface area contributed by atoms with Crippen molar-refractivity contribution < 1.29 is 9.53 Å². The average Bonchev–Trinajstić information content (AvgIpc) is 2.30. The Morgan fingerprint density at radius 2 is 2.18 bits per heavy atom. The molecule has 17 heavy (non-hydrogen) atoms. The Kier molecular flexibility index (Phi) is 5.45. The van der Waals surface area contributed by atoms with E-state index in [-0.39, 0.29) is 6.04 Å². The maximum absolute atomic E-state index is 11.1. The van der Waals surface area contributed by atoms with Gasteiger partial charge in [-0.25, -0.2) is 0 Å². The molecule has 0 N–H and O–H groups in total. The first-order valence-corrected chi connectivity index (χ1v) is 5.98. The molecule has 0 unspecified atom stereocenters. The van der Waals surface area contributed by atoms with Crippen molar-refractivity contribution in [2.24, 2.45) is 0 Å². The van der Waals surface area contributed by atoms with Gasteiger partial charge in [-0.05, 0) is 26.0 Å². The van der Waals surface area contributed by atoms with Crippen LogP contribution in [-0.4, -0.2) is 32.6 Å². The maximum atomic E-state index is 11.1. The summed E-state index contributed by atoms with van der Waals surface area (Å²) >= 11 is 6.18. The Morgan fingerprint density at radius 1 is 1.47 bits per heavy atom. The molecule has 0 spiro atoms. The standard InChI is InChI=1S/C13H18ClNO2/c1-10(2)15(7-8-17-3)13-11(9-16)5-4-6-12(13)14/h4-6,9-10H,7-8H2,1-3H3. The first-order valence-electron chi connectivity index (χ1n) is 5.61.